The molecule has 4 heteroatoms. The quantitative estimate of drug-likeness (QED) is 0.416. The average Bonchev–Trinajstić information content (AvgIpc) is 2.61. The molecule has 0 aromatic rings. The largest absolute Gasteiger partial charge is 0.469 e. The summed E-state index contributed by atoms with van der Waals surface area (Å²) in [4.78, 5) is 25.0. The molecule has 2 bridgehead atoms. The predicted molar refractivity (Wildman–Crippen MR) is 94.6 cm³/mol. The summed E-state index contributed by atoms with van der Waals surface area (Å²) >= 11 is 0. The van der Waals surface area contributed by atoms with Crippen molar-refractivity contribution in [3.8, 4) is 0 Å². The van der Waals surface area contributed by atoms with Gasteiger partial charge in [-0.25, -0.2) is 9.78 Å². The minimum Gasteiger partial charge on any atom is -0.469 e. The van der Waals surface area contributed by atoms with Gasteiger partial charge in [0.2, 0.25) is 0 Å². The summed E-state index contributed by atoms with van der Waals surface area (Å²) in [7, 11) is 1.52. The molecule has 0 unspecified atom stereocenters. The first kappa shape index (κ1) is 17.5. The van der Waals surface area contributed by atoms with E-state index in [1.165, 1.54) is 12.7 Å². The molecular weight excluding hydrogens is 316 g/mol. The summed E-state index contributed by atoms with van der Waals surface area (Å²) in [5.74, 6) is 0.610. The molecule has 5 aliphatic rings. The SMILES string of the molecule is COC(=O)[C@]1(C)CCC[C@@]2(C)[C@H]1CCC1=C[C@]3(C(C)C)CC[C@@]12OO3. The number of rotatable bonds is 2. The molecule has 4 nitrogen and oxygen atoms in total. The summed E-state index contributed by atoms with van der Waals surface area (Å²) in [6.07, 6.45) is 9.46. The zero-order chi connectivity index (χ0) is 18.1. The Morgan fingerprint density at radius 1 is 1.20 bits per heavy atom. The van der Waals surface area contributed by atoms with Gasteiger partial charge >= 0.3 is 5.97 Å². The number of ether oxygens (including phenoxy) is 1. The fourth-order valence-corrected chi connectivity index (χ4v) is 6.67. The third-order valence-electron chi connectivity index (χ3n) is 8.33. The normalized spacial score (nSPS) is 48.6. The molecule has 1 saturated heterocycles. The van der Waals surface area contributed by atoms with Crippen LogP contribution in [0, 0.1) is 22.7 Å². The first-order chi connectivity index (χ1) is 11.7. The van der Waals surface area contributed by atoms with Crippen LogP contribution in [0.15, 0.2) is 11.6 Å². The lowest BCUT2D eigenvalue weighted by Crippen LogP contribution is -2.68. The van der Waals surface area contributed by atoms with Crippen LogP contribution in [0.5, 0.6) is 0 Å². The maximum absolute atomic E-state index is 12.7. The number of carbonyl (C=O) groups excluding carboxylic acids is 1. The smallest absolute Gasteiger partial charge is 0.311 e. The minimum absolute atomic E-state index is 0.0590. The standard InChI is InChI=1S/C21H32O4/c1-14(2)20-11-12-21(25-24-20)15(13-20)7-8-16-18(3,17(22)23-5)9-6-10-19(16,21)4/h13-14,16H,6-12H2,1-5H3/t16-,18+,19-,20-,21+/m0/s1. The van der Waals surface area contributed by atoms with Crippen LogP contribution in [-0.2, 0) is 19.3 Å². The van der Waals surface area contributed by atoms with E-state index in [1.807, 2.05) is 0 Å². The average molecular weight is 348 g/mol. The molecule has 0 amide bonds. The third-order valence-corrected chi connectivity index (χ3v) is 8.33. The van der Waals surface area contributed by atoms with E-state index in [0.29, 0.717) is 5.92 Å². The zero-order valence-electron chi connectivity index (χ0n) is 16.3. The lowest BCUT2D eigenvalue weighted by atomic mass is 9.43. The van der Waals surface area contributed by atoms with Crippen LogP contribution in [0.25, 0.3) is 0 Å². The highest BCUT2D eigenvalue weighted by atomic mass is 17.2. The molecule has 140 valence electrons. The number of hydrogen-bond acceptors (Lipinski definition) is 4. The maximum atomic E-state index is 12.7. The highest BCUT2D eigenvalue weighted by Gasteiger charge is 2.69. The third kappa shape index (κ3) is 1.98. The fourth-order valence-electron chi connectivity index (χ4n) is 6.67. The van der Waals surface area contributed by atoms with Gasteiger partial charge in [0, 0.05) is 5.41 Å². The van der Waals surface area contributed by atoms with E-state index in [9.17, 15) is 4.79 Å². The second kappa shape index (κ2) is 5.32. The van der Waals surface area contributed by atoms with Crippen molar-refractivity contribution in [1.29, 1.82) is 0 Å². The molecule has 0 radical (unpaired) electrons. The summed E-state index contributed by atoms with van der Waals surface area (Å²) in [5.41, 5.74) is 0.298. The number of carbonyl (C=O) groups is 1. The van der Waals surface area contributed by atoms with Crippen LogP contribution in [-0.4, -0.2) is 24.3 Å². The molecular formula is C21H32O4. The Kier molecular flexibility index (Phi) is 3.73. The van der Waals surface area contributed by atoms with Gasteiger partial charge in [-0.05, 0) is 68.9 Å². The van der Waals surface area contributed by atoms with Crippen molar-refractivity contribution in [1.82, 2.24) is 0 Å². The van der Waals surface area contributed by atoms with E-state index >= 15 is 0 Å². The van der Waals surface area contributed by atoms with E-state index in [4.69, 9.17) is 14.5 Å². The molecule has 2 saturated carbocycles. The highest BCUT2D eigenvalue weighted by molar-refractivity contribution is 5.77. The van der Waals surface area contributed by atoms with Gasteiger partial charge in [-0.15, -0.1) is 0 Å². The molecule has 0 aromatic carbocycles. The molecule has 1 spiro atoms. The summed E-state index contributed by atoms with van der Waals surface area (Å²) < 4.78 is 5.22. The second-order valence-corrected chi connectivity index (χ2v) is 9.54. The lowest BCUT2D eigenvalue weighted by Gasteiger charge is -2.66. The van der Waals surface area contributed by atoms with E-state index in [-0.39, 0.29) is 28.5 Å². The van der Waals surface area contributed by atoms with Gasteiger partial charge < -0.3 is 4.74 Å². The Labute approximate surface area is 151 Å². The molecule has 3 fully saturated rings. The fraction of sp³-hybridized carbons (Fsp3) is 0.857. The Hall–Kier alpha value is -0.870. The van der Waals surface area contributed by atoms with Crippen LogP contribution >= 0.6 is 0 Å². The van der Waals surface area contributed by atoms with E-state index < -0.39 is 5.41 Å². The van der Waals surface area contributed by atoms with Gasteiger partial charge in [-0.2, -0.15) is 0 Å². The monoisotopic (exact) mass is 348 g/mol. The second-order valence-electron chi connectivity index (χ2n) is 9.54. The van der Waals surface area contributed by atoms with Gasteiger partial charge in [-0.3, -0.25) is 4.79 Å². The Morgan fingerprint density at radius 3 is 2.56 bits per heavy atom. The number of fused-ring (bicyclic) bond motifs is 3. The van der Waals surface area contributed by atoms with Crippen molar-refractivity contribution < 1.29 is 19.3 Å². The van der Waals surface area contributed by atoms with Gasteiger partial charge in [0.25, 0.3) is 0 Å². The molecule has 2 heterocycles. The van der Waals surface area contributed by atoms with E-state index in [1.54, 1.807) is 0 Å². The Balaban J connectivity index is 1.79. The maximum Gasteiger partial charge on any atom is 0.311 e. The molecule has 25 heavy (non-hydrogen) atoms. The summed E-state index contributed by atoms with van der Waals surface area (Å²) in [6.45, 7) is 8.86. The van der Waals surface area contributed by atoms with E-state index in [0.717, 1.165) is 44.9 Å². The molecule has 0 N–H and O–H groups in total. The van der Waals surface area contributed by atoms with Crippen molar-refractivity contribution >= 4 is 5.97 Å². The Bertz CT molecular complexity index is 613. The van der Waals surface area contributed by atoms with Gasteiger partial charge in [0.05, 0.1) is 12.5 Å². The topological polar surface area (TPSA) is 44.8 Å². The van der Waals surface area contributed by atoms with Crippen LogP contribution in [0.3, 0.4) is 0 Å². The van der Waals surface area contributed by atoms with Crippen LogP contribution in [0.4, 0.5) is 0 Å². The molecule has 3 aliphatic carbocycles. The first-order valence-electron chi connectivity index (χ1n) is 9.92. The van der Waals surface area contributed by atoms with Crippen LogP contribution < -0.4 is 0 Å². The van der Waals surface area contributed by atoms with Crippen LogP contribution in [0.1, 0.15) is 72.6 Å². The van der Waals surface area contributed by atoms with Gasteiger partial charge in [-0.1, -0.05) is 27.2 Å². The van der Waals surface area contributed by atoms with Gasteiger partial charge in [0.1, 0.15) is 11.2 Å². The summed E-state index contributed by atoms with van der Waals surface area (Å²) in [5, 5.41) is 0. The first-order valence-corrected chi connectivity index (χ1v) is 9.92. The molecule has 2 aliphatic heterocycles. The van der Waals surface area contributed by atoms with Crippen molar-refractivity contribution in [3.05, 3.63) is 11.6 Å². The van der Waals surface area contributed by atoms with Crippen LogP contribution in [0.2, 0.25) is 0 Å². The summed E-state index contributed by atoms with van der Waals surface area (Å²) in [6, 6.07) is 0. The van der Waals surface area contributed by atoms with Crippen molar-refractivity contribution in [3.63, 3.8) is 0 Å². The van der Waals surface area contributed by atoms with Crippen molar-refractivity contribution in [2.45, 2.75) is 83.8 Å². The van der Waals surface area contributed by atoms with Crippen molar-refractivity contribution in [2.24, 2.45) is 22.7 Å². The number of methoxy groups -OCH3 is 1. The van der Waals surface area contributed by atoms with Crippen molar-refractivity contribution in [2.75, 3.05) is 7.11 Å². The minimum atomic E-state index is -0.421. The Morgan fingerprint density at radius 2 is 1.96 bits per heavy atom. The zero-order valence-corrected chi connectivity index (χ0v) is 16.3. The van der Waals surface area contributed by atoms with E-state index in [2.05, 4.69) is 33.8 Å². The lowest BCUT2D eigenvalue weighted by molar-refractivity contribution is -0.465. The highest BCUT2D eigenvalue weighted by Crippen LogP contribution is 2.68. The molecule has 5 atom stereocenters. The van der Waals surface area contributed by atoms with Gasteiger partial charge in [0.15, 0.2) is 0 Å². The predicted octanol–water partition coefficient (Wildman–Crippen LogP) is 4.58. The number of hydrogen-bond donors (Lipinski definition) is 0. The molecule has 0 aromatic heterocycles. The molecule has 5 rings (SSSR count). The number of esters is 1.